The van der Waals surface area contributed by atoms with Crippen molar-refractivity contribution >= 4 is 18.9 Å². The summed E-state index contributed by atoms with van der Waals surface area (Å²) in [5.41, 5.74) is 0. The summed E-state index contributed by atoms with van der Waals surface area (Å²) >= 11 is 0. The van der Waals surface area contributed by atoms with Crippen molar-refractivity contribution in [2.45, 2.75) is 13.8 Å². The monoisotopic (exact) mass is 242 g/mol. The lowest BCUT2D eigenvalue weighted by atomic mass is 10.2. The van der Waals surface area contributed by atoms with Crippen LogP contribution < -0.4 is 5.30 Å². The Morgan fingerprint density at radius 2 is 1.81 bits per heavy atom. The Kier molecular flexibility index (Phi) is 4.27. The number of hydrogen-bond donors (Lipinski definition) is 0. The van der Waals surface area contributed by atoms with E-state index in [0.29, 0.717) is 5.30 Å². The van der Waals surface area contributed by atoms with E-state index in [1.807, 2.05) is 0 Å². The molecule has 0 heterocycles. The summed E-state index contributed by atoms with van der Waals surface area (Å²) in [5, 5.41) is 0.381. The van der Waals surface area contributed by atoms with Gasteiger partial charge in [0.25, 0.3) is 0 Å². The first kappa shape index (κ1) is 12.9. The van der Waals surface area contributed by atoms with Crippen LogP contribution in [-0.2, 0) is 18.4 Å². The Morgan fingerprint density at radius 3 is 2.25 bits per heavy atom. The number of rotatable bonds is 4. The maximum atomic E-state index is 12.2. The molecule has 1 aromatic carbocycles. The van der Waals surface area contributed by atoms with E-state index in [0.717, 1.165) is 0 Å². The molecule has 0 saturated carbocycles. The summed E-state index contributed by atoms with van der Waals surface area (Å²) in [6.07, 6.45) is 0. The minimum Gasteiger partial charge on any atom is -0.388 e. The third-order valence-electron chi connectivity index (χ3n) is 1.99. The molecule has 0 aliphatic rings. The SMILES string of the molecule is COP(=O)(OC(=O)C(C)C)c1ccccc1. The fourth-order valence-electron chi connectivity index (χ4n) is 1.03. The Morgan fingerprint density at radius 1 is 1.25 bits per heavy atom. The van der Waals surface area contributed by atoms with Gasteiger partial charge in [-0.3, -0.25) is 9.32 Å². The van der Waals surface area contributed by atoms with Crippen molar-refractivity contribution in [2.75, 3.05) is 7.11 Å². The van der Waals surface area contributed by atoms with Crippen LogP contribution in [0.5, 0.6) is 0 Å². The van der Waals surface area contributed by atoms with Crippen LogP contribution in [-0.4, -0.2) is 13.1 Å². The molecule has 0 radical (unpaired) electrons. The maximum Gasteiger partial charge on any atom is 0.412 e. The summed E-state index contributed by atoms with van der Waals surface area (Å²) in [6.45, 7) is 3.35. The molecule has 4 nitrogen and oxygen atoms in total. The summed E-state index contributed by atoms with van der Waals surface area (Å²) in [6, 6.07) is 8.43. The minimum absolute atomic E-state index is 0.341. The molecular weight excluding hydrogens is 227 g/mol. The second kappa shape index (κ2) is 5.28. The van der Waals surface area contributed by atoms with Crippen LogP contribution in [0, 0.1) is 5.92 Å². The molecule has 88 valence electrons. The molecule has 0 bridgehead atoms. The molecular formula is C11H15O4P. The van der Waals surface area contributed by atoms with E-state index < -0.39 is 13.6 Å². The van der Waals surface area contributed by atoms with Gasteiger partial charge in [-0.1, -0.05) is 32.0 Å². The lowest BCUT2D eigenvalue weighted by molar-refractivity contribution is -0.138. The van der Waals surface area contributed by atoms with E-state index in [4.69, 9.17) is 9.05 Å². The van der Waals surface area contributed by atoms with Crippen molar-refractivity contribution < 1.29 is 18.4 Å². The third kappa shape index (κ3) is 2.94. The van der Waals surface area contributed by atoms with Crippen molar-refractivity contribution in [1.29, 1.82) is 0 Å². The van der Waals surface area contributed by atoms with E-state index in [1.165, 1.54) is 7.11 Å². The summed E-state index contributed by atoms with van der Waals surface area (Å²) in [4.78, 5) is 11.4. The van der Waals surface area contributed by atoms with Crippen LogP contribution in [0.1, 0.15) is 13.8 Å². The van der Waals surface area contributed by atoms with Crippen molar-refractivity contribution in [3.05, 3.63) is 30.3 Å². The van der Waals surface area contributed by atoms with Gasteiger partial charge in [0.2, 0.25) is 0 Å². The molecule has 0 amide bonds. The van der Waals surface area contributed by atoms with Crippen molar-refractivity contribution in [1.82, 2.24) is 0 Å². The van der Waals surface area contributed by atoms with E-state index in [-0.39, 0.29) is 5.92 Å². The molecule has 1 unspecified atom stereocenters. The van der Waals surface area contributed by atoms with Gasteiger partial charge in [0.15, 0.2) is 0 Å². The molecule has 1 aromatic rings. The Hall–Kier alpha value is -1.12. The van der Waals surface area contributed by atoms with E-state index in [2.05, 4.69) is 0 Å². The zero-order valence-corrected chi connectivity index (χ0v) is 10.4. The fourth-order valence-corrected chi connectivity index (χ4v) is 2.41. The third-order valence-corrected chi connectivity index (χ3v) is 3.83. The van der Waals surface area contributed by atoms with E-state index in [1.54, 1.807) is 44.2 Å². The van der Waals surface area contributed by atoms with Gasteiger partial charge >= 0.3 is 13.6 Å². The molecule has 0 fully saturated rings. The van der Waals surface area contributed by atoms with Gasteiger partial charge in [-0.15, -0.1) is 0 Å². The molecule has 0 aromatic heterocycles. The van der Waals surface area contributed by atoms with E-state index >= 15 is 0 Å². The van der Waals surface area contributed by atoms with Gasteiger partial charge in [0.05, 0.1) is 11.2 Å². The van der Waals surface area contributed by atoms with Gasteiger partial charge in [-0.2, -0.15) is 0 Å². The molecule has 0 saturated heterocycles. The van der Waals surface area contributed by atoms with Crippen molar-refractivity contribution in [3.63, 3.8) is 0 Å². The lowest BCUT2D eigenvalue weighted by Gasteiger charge is -2.17. The van der Waals surface area contributed by atoms with Gasteiger partial charge in [0.1, 0.15) is 0 Å². The predicted molar refractivity (Wildman–Crippen MR) is 61.6 cm³/mol. The Bertz CT molecular complexity index is 400. The fraction of sp³-hybridized carbons (Fsp3) is 0.364. The quantitative estimate of drug-likeness (QED) is 0.760. The first-order valence-electron chi connectivity index (χ1n) is 4.94. The minimum atomic E-state index is -3.51. The highest BCUT2D eigenvalue weighted by Crippen LogP contribution is 2.46. The highest BCUT2D eigenvalue weighted by molar-refractivity contribution is 7.62. The molecule has 5 heteroatoms. The van der Waals surface area contributed by atoms with Gasteiger partial charge in [0, 0.05) is 7.11 Å². The van der Waals surface area contributed by atoms with Gasteiger partial charge in [-0.25, -0.2) is 4.57 Å². The Balaban J connectivity index is 2.96. The average Bonchev–Trinajstić information content (AvgIpc) is 2.29. The standard InChI is InChI=1S/C11H15O4P/c1-9(2)11(12)15-16(13,14-3)10-7-5-4-6-8-10/h4-9H,1-3H3. The number of carbonyl (C=O) groups excluding carboxylic acids is 1. The van der Waals surface area contributed by atoms with Crippen LogP contribution in [0.4, 0.5) is 0 Å². The van der Waals surface area contributed by atoms with Crippen LogP contribution >= 0.6 is 7.60 Å². The average molecular weight is 242 g/mol. The molecule has 16 heavy (non-hydrogen) atoms. The smallest absolute Gasteiger partial charge is 0.388 e. The predicted octanol–water partition coefficient (Wildman–Crippen LogP) is 2.35. The largest absolute Gasteiger partial charge is 0.412 e. The summed E-state index contributed by atoms with van der Waals surface area (Å²) in [5.74, 6) is -0.874. The summed E-state index contributed by atoms with van der Waals surface area (Å²) in [7, 11) is -2.25. The number of hydrogen-bond acceptors (Lipinski definition) is 4. The van der Waals surface area contributed by atoms with Crippen molar-refractivity contribution in [3.8, 4) is 0 Å². The van der Waals surface area contributed by atoms with Crippen LogP contribution in [0.2, 0.25) is 0 Å². The van der Waals surface area contributed by atoms with Gasteiger partial charge < -0.3 is 4.52 Å². The van der Waals surface area contributed by atoms with Crippen LogP contribution in [0.3, 0.4) is 0 Å². The Labute approximate surface area is 95.1 Å². The number of carbonyl (C=O) groups is 1. The molecule has 0 aliphatic carbocycles. The zero-order chi connectivity index (χ0) is 12.2. The molecule has 0 N–H and O–H groups in total. The number of benzene rings is 1. The zero-order valence-electron chi connectivity index (χ0n) is 9.54. The van der Waals surface area contributed by atoms with E-state index in [9.17, 15) is 9.36 Å². The molecule has 0 spiro atoms. The topological polar surface area (TPSA) is 52.6 Å². The molecule has 1 atom stereocenters. The first-order valence-corrected chi connectivity index (χ1v) is 6.48. The second-order valence-electron chi connectivity index (χ2n) is 3.58. The normalized spacial score (nSPS) is 14.5. The highest BCUT2D eigenvalue weighted by atomic mass is 31.2. The van der Waals surface area contributed by atoms with Crippen LogP contribution in [0.15, 0.2) is 30.3 Å². The van der Waals surface area contributed by atoms with Crippen molar-refractivity contribution in [2.24, 2.45) is 5.92 Å². The lowest BCUT2D eigenvalue weighted by Crippen LogP contribution is -2.16. The molecule has 1 rings (SSSR count). The van der Waals surface area contributed by atoms with Gasteiger partial charge in [-0.05, 0) is 12.1 Å². The maximum absolute atomic E-state index is 12.2. The molecule has 0 aliphatic heterocycles. The second-order valence-corrected chi connectivity index (χ2v) is 5.64. The highest BCUT2D eigenvalue weighted by Gasteiger charge is 2.30. The first-order chi connectivity index (χ1) is 7.49. The van der Waals surface area contributed by atoms with Crippen LogP contribution in [0.25, 0.3) is 0 Å². The summed E-state index contributed by atoms with van der Waals surface area (Å²) < 4.78 is 22.0.